The van der Waals surface area contributed by atoms with Gasteiger partial charge < -0.3 is 16.0 Å². The van der Waals surface area contributed by atoms with Crippen LogP contribution in [0.25, 0.3) is 0 Å². The predicted octanol–water partition coefficient (Wildman–Crippen LogP) is 1.20. The lowest BCUT2D eigenvalue weighted by atomic mass is 10.2. The molecule has 6 nitrogen and oxygen atoms in total. The zero-order valence-corrected chi connectivity index (χ0v) is 17.2. The number of benzene rings is 1. The maximum Gasteiger partial charge on any atom is 0.254 e. The summed E-state index contributed by atoms with van der Waals surface area (Å²) in [6.45, 7) is 3.89. The Labute approximate surface area is 170 Å². The summed E-state index contributed by atoms with van der Waals surface area (Å²) in [4.78, 5) is 28.3. The van der Waals surface area contributed by atoms with E-state index < -0.39 is 17.8 Å². The molecule has 27 heavy (non-hydrogen) atoms. The number of nitrogens with zero attached hydrogens (tertiary/aromatic N) is 2. The molecule has 1 aromatic carbocycles. The highest BCUT2D eigenvalue weighted by atomic mass is 35.5. The van der Waals surface area contributed by atoms with E-state index >= 15 is 0 Å². The smallest absolute Gasteiger partial charge is 0.254 e. The second kappa shape index (κ2) is 12.2. The fraction of sp³-hybridized carbons (Fsp3) is 0.556. The van der Waals surface area contributed by atoms with Gasteiger partial charge in [0.15, 0.2) is 0 Å². The molecule has 1 atom stereocenters. The van der Waals surface area contributed by atoms with Crippen LogP contribution < -0.4 is 11.1 Å². The van der Waals surface area contributed by atoms with Crippen molar-refractivity contribution < 1.29 is 14.0 Å². The normalized spacial score (nSPS) is 15.7. The van der Waals surface area contributed by atoms with E-state index in [1.807, 2.05) is 11.2 Å². The van der Waals surface area contributed by atoms with Crippen LogP contribution in [0.15, 0.2) is 24.3 Å². The van der Waals surface area contributed by atoms with Crippen molar-refractivity contribution in [3.05, 3.63) is 35.6 Å². The van der Waals surface area contributed by atoms with Gasteiger partial charge in [0.25, 0.3) is 5.91 Å². The van der Waals surface area contributed by atoms with E-state index in [9.17, 15) is 14.0 Å². The monoisotopic (exact) mass is 418 g/mol. The minimum absolute atomic E-state index is 0. The Morgan fingerprint density at radius 2 is 1.93 bits per heavy atom. The Kier molecular flexibility index (Phi) is 10.7. The Bertz CT molecular complexity index is 615. The third-order valence-electron chi connectivity index (χ3n) is 4.47. The van der Waals surface area contributed by atoms with E-state index in [0.717, 1.165) is 18.8 Å². The van der Waals surface area contributed by atoms with Crippen LogP contribution in [0, 0.1) is 5.82 Å². The molecule has 2 rings (SSSR count). The van der Waals surface area contributed by atoms with Crippen molar-refractivity contribution in [3.63, 3.8) is 0 Å². The molecule has 9 heteroatoms. The molecule has 152 valence electrons. The molecule has 1 aliphatic heterocycles. The van der Waals surface area contributed by atoms with Crippen molar-refractivity contribution >= 4 is 36.0 Å². The number of nitrogens with one attached hydrogen (secondary N) is 1. The summed E-state index contributed by atoms with van der Waals surface area (Å²) in [5.74, 6) is -0.0210. The maximum absolute atomic E-state index is 13.6. The number of nitrogens with two attached hydrogens (primary N) is 1. The van der Waals surface area contributed by atoms with Gasteiger partial charge in [0.05, 0.1) is 11.6 Å². The molecule has 1 heterocycles. The van der Waals surface area contributed by atoms with Gasteiger partial charge in [-0.2, -0.15) is 11.8 Å². The largest absolute Gasteiger partial charge is 0.351 e. The van der Waals surface area contributed by atoms with Crippen molar-refractivity contribution in [2.24, 2.45) is 5.73 Å². The summed E-state index contributed by atoms with van der Waals surface area (Å²) in [5, 5.41) is 2.74. The first kappa shape index (κ1) is 23.7. The number of hydrogen-bond donors (Lipinski definition) is 2. The fourth-order valence-corrected chi connectivity index (χ4v) is 3.35. The molecule has 0 aromatic heterocycles. The number of halogens is 2. The number of rotatable bonds is 8. The molecule has 0 spiro atoms. The maximum atomic E-state index is 13.6. The molecule has 0 saturated carbocycles. The molecular weight excluding hydrogens is 391 g/mol. The molecule has 1 aromatic rings. The Morgan fingerprint density at radius 1 is 1.26 bits per heavy atom. The van der Waals surface area contributed by atoms with E-state index in [0.29, 0.717) is 32.6 Å². The molecule has 1 fully saturated rings. The molecule has 0 bridgehead atoms. The molecule has 1 aliphatic rings. The van der Waals surface area contributed by atoms with Gasteiger partial charge in [-0.15, -0.1) is 12.4 Å². The van der Waals surface area contributed by atoms with Gasteiger partial charge in [0, 0.05) is 39.3 Å². The van der Waals surface area contributed by atoms with Gasteiger partial charge in [-0.3, -0.25) is 14.5 Å². The summed E-state index contributed by atoms with van der Waals surface area (Å²) in [6, 6.07) is 5.51. The van der Waals surface area contributed by atoms with Crippen LogP contribution in [0.5, 0.6) is 0 Å². The summed E-state index contributed by atoms with van der Waals surface area (Å²) >= 11 is 1.69. The minimum Gasteiger partial charge on any atom is -0.351 e. The Morgan fingerprint density at radius 3 is 2.56 bits per heavy atom. The van der Waals surface area contributed by atoms with E-state index in [1.54, 1.807) is 23.9 Å². The highest BCUT2D eigenvalue weighted by Gasteiger charge is 2.24. The zero-order valence-electron chi connectivity index (χ0n) is 15.5. The third-order valence-corrected chi connectivity index (χ3v) is 5.11. The van der Waals surface area contributed by atoms with Crippen LogP contribution in [0.3, 0.4) is 0 Å². The first-order chi connectivity index (χ1) is 12.5. The van der Waals surface area contributed by atoms with Gasteiger partial charge >= 0.3 is 0 Å². The van der Waals surface area contributed by atoms with Crippen LogP contribution in [-0.2, 0) is 4.79 Å². The molecule has 2 amide bonds. The summed E-state index contributed by atoms with van der Waals surface area (Å²) < 4.78 is 13.6. The number of hydrogen-bond acceptors (Lipinski definition) is 5. The van der Waals surface area contributed by atoms with Gasteiger partial charge in [0.1, 0.15) is 5.82 Å². The standard InChI is InChI=1S/C18H27FN4O2S.ClH/c1-26-13-6-16(20)18(25)23-11-9-22(10-12-23)8-7-21-17(24)14-4-2-3-5-15(14)19;/h2-5,16H,6-13,20H2,1H3,(H,21,24);1H/t16-;/m0./s1. The van der Waals surface area contributed by atoms with Crippen LogP contribution in [0.4, 0.5) is 4.39 Å². The molecular formula is C18H28ClFN4O2S. The first-order valence-electron chi connectivity index (χ1n) is 8.81. The summed E-state index contributed by atoms with van der Waals surface area (Å²) in [7, 11) is 0. The zero-order chi connectivity index (χ0) is 18.9. The first-order valence-corrected chi connectivity index (χ1v) is 10.2. The molecule has 0 aliphatic carbocycles. The van der Waals surface area contributed by atoms with E-state index in [2.05, 4.69) is 10.2 Å². The number of thioether (sulfide) groups is 1. The van der Waals surface area contributed by atoms with Gasteiger partial charge in [0.2, 0.25) is 5.91 Å². The summed E-state index contributed by atoms with van der Waals surface area (Å²) in [6.07, 6.45) is 2.70. The van der Waals surface area contributed by atoms with Crippen LogP contribution in [0.2, 0.25) is 0 Å². The lowest BCUT2D eigenvalue weighted by Crippen LogP contribution is -2.54. The lowest BCUT2D eigenvalue weighted by Gasteiger charge is -2.35. The van der Waals surface area contributed by atoms with Crippen molar-refractivity contribution in [1.29, 1.82) is 0 Å². The number of carbonyl (C=O) groups excluding carboxylic acids is 2. The minimum atomic E-state index is -0.519. The Balaban J connectivity index is 0.00000364. The average molecular weight is 419 g/mol. The fourth-order valence-electron chi connectivity index (χ4n) is 2.86. The molecule has 1 saturated heterocycles. The quantitative estimate of drug-likeness (QED) is 0.663. The van der Waals surface area contributed by atoms with Crippen molar-refractivity contribution in [1.82, 2.24) is 15.1 Å². The SMILES string of the molecule is CSCC[C@H](N)C(=O)N1CCN(CCNC(=O)c2ccccc2F)CC1.Cl. The van der Waals surface area contributed by atoms with Crippen LogP contribution in [0.1, 0.15) is 16.8 Å². The predicted molar refractivity (Wildman–Crippen MR) is 110 cm³/mol. The van der Waals surface area contributed by atoms with Crippen molar-refractivity contribution in [3.8, 4) is 0 Å². The number of piperazine rings is 1. The van der Waals surface area contributed by atoms with Gasteiger partial charge in [-0.05, 0) is 30.6 Å². The molecule has 3 N–H and O–H groups in total. The second-order valence-electron chi connectivity index (χ2n) is 6.29. The van der Waals surface area contributed by atoms with Crippen LogP contribution >= 0.6 is 24.2 Å². The highest BCUT2D eigenvalue weighted by molar-refractivity contribution is 7.98. The highest BCUT2D eigenvalue weighted by Crippen LogP contribution is 2.08. The average Bonchev–Trinajstić information content (AvgIpc) is 2.66. The Hall–Kier alpha value is -1.35. The summed E-state index contributed by atoms with van der Waals surface area (Å²) in [5.41, 5.74) is 6.01. The third kappa shape index (κ3) is 7.29. The van der Waals surface area contributed by atoms with Crippen LogP contribution in [-0.4, -0.2) is 78.9 Å². The lowest BCUT2D eigenvalue weighted by molar-refractivity contribution is -0.134. The molecule has 0 radical (unpaired) electrons. The topological polar surface area (TPSA) is 78.7 Å². The van der Waals surface area contributed by atoms with E-state index in [4.69, 9.17) is 5.73 Å². The molecule has 0 unspecified atom stereocenters. The van der Waals surface area contributed by atoms with E-state index in [1.165, 1.54) is 12.1 Å². The second-order valence-corrected chi connectivity index (χ2v) is 7.28. The number of carbonyl (C=O) groups is 2. The van der Waals surface area contributed by atoms with Crippen molar-refractivity contribution in [2.75, 3.05) is 51.3 Å². The van der Waals surface area contributed by atoms with Crippen molar-refractivity contribution in [2.45, 2.75) is 12.5 Å². The van der Waals surface area contributed by atoms with Gasteiger partial charge in [-0.1, -0.05) is 12.1 Å². The number of amides is 2. The van der Waals surface area contributed by atoms with Gasteiger partial charge in [-0.25, -0.2) is 4.39 Å². The van der Waals surface area contributed by atoms with E-state index in [-0.39, 0.29) is 23.9 Å².